The molecular weight excluding hydrogens is 278 g/mol. The molecule has 0 saturated carbocycles. The normalized spacial score (nSPS) is 10.3. The molecule has 2 rings (SSSR count). The summed E-state index contributed by atoms with van der Waals surface area (Å²) in [6, 6.07) is 1.61. The Morgan fingerprint density at radius 1 is 1.45 bits per heavy atom. The van der Waals surface area contributed by atoms with Crippen LogP contribution >= 0.6 is 11.6 Å². The molecule has 0 spiro atoms. The highest BCUT2D eigenvalue weighted by molar-refractivity contribution is 6.33. The van der Waals surface area contributed by atoms with E-state index in [0.29, 0.717) is 29.4 Å². The lowest BCUT2D eigenvalue weighted by Gasteiger charge is -2.07. The van der Waals surface area contributed by atoms with Gasteiger partial charge in [0.2, 0.25) is 0 Å². The number of carbonyl (C=O) groups is 1. The van der Waals surface area contributed by atoms with Crippen molar-refractivity contribution in [2.24, 2.45) is 0 Å². The molecule has 2 heterocycles. The summed E-state index contributed by atoms with van der Waals surface area (Å²) in [7, 11) is 0. The van der Waals surface area contributed by atoms with Gasteiger partial charge in [0.1, 0.15) is 11.6 Å². The van der Waals surface area contributed by atoms with E-state index in [1.54, 1.807) is 18.5 Å². The summed E-state index contributed by atoms with van der Waals surface area (Å²) in [5, 5.41) is 6.25. The number of hydrogen-bond donors (Lipinski definition) is 3. The molecule has 0 aliphatic rings. The van der Waals surface area contributed by atoms with Crippen molar-refractivity contribution in [1.29, 1.82) is 0 Å². The van der Waals surface area contributed by atoms with Gasteiger partial charge in [-0.05, 0) is 13.0 Å². The molecule has 7 heteroatoms. The number of amides is 1. The van der Waals surface area contributed by atoms with Gasteiger partial charge in [-0.3, -0.25) is 4.79 Å². The molecular formula is C13H16ClN5O. The number of carbonyl (C=O) groups excluding carboxylic acids is 1. The van der Waals surface area contributed by atoms with E-state index in [1.165, 1.54) is 6.20 Å². The summed E-state index contributed by atoms with van der Waals surface area (Å²) in [6.07, 6.45) is 5.59. The van der Waals surface area contributed by atoms with Gasteiger partial charge in [0.05, 0.1) is 10.6 Å². The van der Waals surface area contributed by atoms with Gasteiger partial charge in [0, 0.05) is 38.1 Å². The average molecular weight is 294 g/mol. The van der Waals surface area contributed by atoms with Crippen LogP contribution in [0.3, 0.4) is 0 Å². The zero-order valence-corrected chi connectivity index (χ0v) is 11.9. The summed E-state index contributed by atoms with van der Waals surface area (Å²) >= 11 is 6.05. The maximum Gasteiger partial charge on any atom is 0.252 e. The second-order valence-corrected chi connectivity index (χ2v) is 4.53. The topological polar surface area (TPSA) is 82.7 Å². The van der Waals surface area contributed by atoms with E-state index in [1.807, 2.05) is 6.92 Å². The van der Waals surface area contributed by atoms with Crippen LogP contribution < -0.4 is 10.6 Å². The Kier molecular flexibility index (Phi) is 4.95. The number of aromatic nitrogens is 3. The number of H-pyrrole nitrogens is 1. The number of hydrogen-bond acceptors (Lipinski definition) is 4. The van der Waals surface area contributed by atoms with Gasteiger partial charge in [0.25, 0.3) is 5.91 Å². The van der Waals surface area contributed by atoms with Crippen molar-refractivity contribution < 1.29 is 4.79 Å². The van der Waals surface area contributed by atoms with Crippen LogP contribution in [0.5, 0.6) is 0 Å². The van der Waals surface area contributed by atoms with Crippen molar-refractivity contribution in [3.63, 3.8) is 0 Å². The predicted molar refractivity (Wildman–Crippen MR) is 78.0 cm³/mol. The van der Waals surface area contributed by atoms with Crippen LogP contribution in [0, 0.1) is 0 Å². The monoisotopic (exact) mass is 293 g/mol. The van der Waals surface area contributed by atoms with Crippen molar-refractivity contribution in [3.05, 3.63) is 41.1 Å². The Bertz CT molecular complexity index is 570. The van der Waals surface area contributed by atoms with Crippen LogP contribution in [0.2, 0.25) is 5.02 Å². The summed E-state index contributed by atoms with van der Waals surface area (Å²) in [6.45, 7) is 3.17. The fraction of sp³-hybridized carbons (Fsp3) is 0.308. The summed E-state index contributed by atoms with van der Waals surface area (Å²) in [5.41, 5.74) is 0.441. The molecule has 6 nitrogen and oxygen atoms in total. The Hall–Kier alpha value is -2.08. The fourth-order valence-corrected chi connectivity index (χ4v) is 1.92. The average Bonchev–Trinajstić information content (AvgIpc) is 2.94. The molecule has 0 unspecified atom stereocenters. The first-order chi connectivity index (χ1) is 9.70. The number of anilines is 1. The minimum Gasteiger partial charge on any atom is -0.369 e. The van der Waals surface area contributed by atoms with Crippen molar-refractivity contribution >= 4 is 23.3 Å². The standard InChI is InChI=1S/C13H16ClN5O/c1-2-15-12-10(14)7-9(8-19-12)13(20)18-4-3-11-16-5-6-17-11/h5-8H,2-4H2,1H3,(H,15,19)(H,16,17)(H,18,20). The minimum atomic E-state index is -0.200. The van der Waals surface area contributed by atoms with Crippen LogP contribution in [-0.4, -0.2) is 33.9 Å². The van der Waals surface area contributed by atoms with Crippen LogP contribution in [0.25, 0.3) is 0 Å². The summed E-state index contributed by atoms with van der Waals surface area (Å²) < 4.78 is 0. The first-order valence-electron chi connectivity index (χ1n) is 6.36. The van der Waals surface area contributed by atoms with Crippen LogP contribution in [-0.2, 0) is 6.42 Å². The molecule has 0 saturated heterocycles. The highest BCUT2D eigenvalue weighted by Crippen LogP contribution is 2.19. The predicted octanol–water partition coefficient (Wildman–Crippen LogP) is 1.86. The number of pyridine rings is 1. The highest BCUT2D eigenvalue weighted by atomic mass is 35.5. The van der Waals surface area contributed by atoms with E-state index in [9.17, 15) is 4.79 Å². The molecule has 0 aliphatic carbocycles. The van der Waals surface area contributed by atoms with E-state index < -0.39 is 0 Å². The number of rotatable bonds is 6. The lowest BCUT2D eigenvalue weighted by atomic mass is 10.2. The maximum absolute atomic E-state index is 11.9. The number of imidazole rings is 1. The number of aromatic amines is 1. The molecule has 0 bridgehead atoms. The Balaban J connectivity index is 1.90. The molecule has 3 N–H and O–H groups in total. The second-order valence-electron chi connectivity index (χ2n) is 4.13. The third-order valence-electron chi connectivity index (χ3n) is 2.65. The van der Waals surface area contributed by atoms with Gasteiger partial charge in [-0.15, -0.1) is 0 Å². The number of halogens is 1. The van der Waals surface area contributed by atoms with Crippen molar-refractivity contribution in [2.75, 3.05) is 18.4 Å². The van der Waals surface area contributed by atoms with E-state index in [2.05, 4.69) is 25.6 Å². The van der Waals surface area contributed by atoms with Crippen LogP contribution in [0.4, 0.5) is 5.82 Å². The molecule has 1 amide bonds. The third-order valence-corrected chi connectivity index (χ3v) is 2.94. The summed E-state index contributed by atoms with van der Waals surface area (Å²) in [5.74, 6) is 1.22. The molecule has 2 aromatic rings. The highest BCUT2D eigenvalue weighted by Gasteiger charge is 2.09. The zero-order chi connectivity index (χ0) is 14.4. The first-order valence-corrected chi connectivity index (χ1v) is 6.74. The lowest BCUT2D eigenvalue weighted by molar-refractivity contribution is 0.0953. The Morgan fingerprint density at radius 3 is 2.95 bits per heavy atom. The van der Waals surface area contributed by atoms with E-state index in [0.717, 1.165) is 12.4 Å². The Labute approximate surface area is 122 Å². The quantitative estimate of drug-likeness (QED) is 0.759. The fourth-order valence-electron chi connectivity index (χ4n) is 1.69. The molecule has 0 radical (unpaired) electrons. The van der Waals surface area contributed by atoms with E-state index in [-0.39, 0.29) is 5.91 Å². The molecule has 20 heavy (non-hydrogen) atoms. The third kappa shape index (κ3) is 3.71. The smallest absolute Gasteiger partial charge is 0.252 e. The van der Waals surface area contributed by atoms with Gasteiger partial charge in [-0.2, -0.15) is 0 Å². The largest absolute Gasteiger partial charge is 0.369 e. The van der Waals surface area contributed by atoms with Crippen LogP contribution in [0.15, 0.2) is 24.7 Å². The van der Waals surface area contributed by atoms with Crippen LogP contribution in [0.1, 0.15) is 23.1 Å². The molecule has 0 fully saturated rings. The zero-order valence-electron chi connectivity index (χ0n) is 11.1. The molecule has 2 aromatic heterocycles. The second kappa shape index (κ2) is 6.91. The van der Waals surface area contributed by atoms with Crippen molar-refractivity contribution in [2.45, 2.75) is 13.3 Å². The van der Waals surface area contributed by atoms with Crippen molar-refractivity contribution in [3.8, 4) is 0 Å². The first kappa shape index (κ1) is 14.3. The van der Waals surface area contributed by atoms with Gasteiger partial charge >= 0.3 is 0 Å². The maximum atomic E-state index is 11.9. The minimum absolute atomic E-state index is 0.200. The SMILES string of the molecule is CCNc1ncc(C(=O)NCCc2ncc[nH]2)cc1Cl. The lowest BCUT2D eigenvalue weighted by Crippen LogP contribution is -2.26. The van der Waals surface area contributed by atoms with E-state index in [4.69, 9.17) is 11.6 Å². The van der Waals surface area contributed by atoms with Gasteiger partial charge < -0.3 is 15.6 Å². The molecule has 106 valence electrons. The molecule has 0 aromatic carbocycles. The van der Waals surface area contributed by atoms with E-state index >= 15 is 0 Å². The molecule has 0 atom stereocenters. The van der Waals surface area contributed by atoms with Gasteiger partial charge in [0.15, 0.2) is 0 Å². The van der Waals surface area contributed by atoms with Gasteiger partial charge in [-0.25, -0.2) is 9.97 Å². The Morgan fingerprint density at radius 2 is 2.30 bits per heavy atom. The summed E-state index contributed by atoms with van der Waals surface area (Å²) in [4.78, 5) is 23.1. The number of nitrogens with zero attached hydrogens (tertiary/aromatic N) is 2. The number of nitrogens with one attached hydrogen (secondary N) is 3. The van der Waals surface area contributed by atoms with Gasteiger partial charge in [-0.1, -0.05) is 11.6 Å². The molecule has 0 aliphatic heterocycles. The van der Waals surface area contributed by atoms with Crippen molar-refractivity contribution in [1.82, 2.24) is 20.3 Å².